The van der Waals surface area contributed by atoms with E-state index in [9.17, 15) is 10.1 Å². The summed E-state index contributed by atoms with van der Waals surface area (Å²) in [5.74, 6) is -0.0286. The van der Waals surface area contributed by atoms with E-state index in [-0.39, 0.29) is 5.91 Å². The Morgan fingerprint density at radius 3 is 2.92 bits per heavy atom. The number of hydrogen-bond donors (Lipinski definition) is 1. The number of carbonyl (C=O) groups excluding carboxylic acids is 1. The van der Waals surface area contributed by atoms with Crippen LogP contribution in [0.1, 0.15) is 40.6 Å². The predicted octanol–water partition coefficient (Wildman–Crippen LogP) is 4.67. The fraction of sp³-hybridized carbons (Fsp3) is 0.444. The minimum absolute atomic E-state index is 0.0286. The van der Waals surface area contributed by atoms with Gasteiger partial charge < -0.3 is 5.32 Å². The first kappa shape index (κ1) is 18.4. The monoisotopic (exact) mass is 393 g/mol. The van der Waals surface area contributed by atoms with Gasteiger partial charge in [-0.2, -0.15) is 5.26 Å². The molecule has 0 fully saturated rings. The second-order valence-corrected chi connectivity index (χ2v) is 8.95. The number of thiophene rings is 2. The molecule has 1 aliphatic rings. The van der Waals surface area contributed by atoms with Crippen molar-refractivity contribution in [3.8, 4) is 6.07 Å². The van der Waals surface area contributed by atoms with Crippen LogP contribution in [0.15, 0.2) is 12.1 Å². The van der Waals surface area contributed by atoms with Gasteiger partial charge in [-0.25, -0.2) is 0 Å². The zero-order chi connectivity index (χ0) is 17.8. The fourth-order valence-corrected chi connectivity index (χ4v) is 5.45. The van der Waals surface area contributed by atoms with Crippen molar-refractivity contribution in [2.45, 2.75) is 39.2 Å². The van der Waals surface area contributed by atoms with Crippen molar-refractivity contribution in [2.24, 2.45) is 0 Å². The van der Waals surface area contributed by atoms with E-state index < -0.39 is 0 Å². The lowest BCUT2D eigenvalue weighted by atomic mass is 10.1. The molecule has 132 valence electrons. The van der Waals surface area contributed by atoms with Crippen LogP contribution in [0, 0.1) is 11.3 Å². The maximum Gasteiger partial charge on any atom is 0.226 e. The van der Waals surface area contributed by atoms with Gasteiger partial charge >= 0.3 is 0 Å². The Kier molecular flexibility index (Phi) is 6.13. The number of fused-ring (bicyclic) bond motifs is 1. The standard InChI is InChI=1S/C18H20ClN3OS2/c1-2-22(11-12-6-7-16(19)24-12)9-8-17(23)21-18-14(10-20)13-4-3-5-15(13)25-18/h6-7H,2-5,8-9,11H2,1H3,(H,21,23). The van der Waals surface area contributed by atoms with E-state index in [2.05, 4.69) is 23.2 Å². The summed E-state index contributed by atoms with van der Waals surface area (Å²) in [6, 6.07) is 6.20. The number of nitrogens with zero attached hydrogens (tertiary/aromatic N) is 2. The summed E-state index contributed by atoms with van der Waals surface area (Å²) in [5, 5.41) is 13.1. The topological polar surface area (TPSA) is 56.1 Å². The van der Waals surface area contributed by atoms with Gasteiger partial charge in [0.15, 0.2) is 0 Å². The van der Waals surface area contributed by atoms with Crippen LogP contribution in [0.25, 0.3) is 0 Å². The zero-order valence-electron chi connectivity index (χ0n) is 14.1. The lowest BCUT2D eigenvalue weighted by molar-refractivity contribution is -0.116. The fourth-order valence-electron chi connectivity index (χ4n) is 3.07. The van der Waals surface area contributed by atoms with E-state index in [1.807, 2.05) is 12.1 Å². The van der Waals surface area contributed by atoms with Gasteiger partial charge in [-0.05, 0) is 43.5 Å². The second kappa shape index (κ2) is 8.33. The van der Waals surface area contributed by atoms with Crippen LogP contribution in [0.2, 0.25) is 4.34 Å². The highest BCUT2D eigenvalue weighted by Crippen LogP contribution is 2.38. The van der Waals surface area contributed by atoms with Crippen LogP contribution in [-0.4, -0.2) is 23.9 Å². The van der Waals surface area contributed by atoms with Gasteiger partial charge in [-0.3, -0.25) is 9.69 Å². The molecule has 0 aliphatic heterocycles. The summed E-state index contributed by atoms with van der Waals surface area (Å²) in [5.41, 5.74) is 1.82. The molecule has 0 saturated carbocycles. The van der Waals surface area contributed by atoms with E-state index in [1.165, 1.54) is 9.75 Å². The number of nitrogens with one attached hydrogen (secondary N) is 1. The highest BCUT2D eigenvalue weighted by Gasteiger charge is 2.23. The quantitative estimate of drug-likeness (QED) is 0.743. The van der Waals surface area contributed by atoms with Crippen LogP contribution in [-0.2, 0) is 24.2 Å². The van der Waals surface area contributed by atoms with E-state index >= 15 is 0 Å². The number of halogens is 1. The van der Waals surface area contributed by atoms with Crippen LogP contribution in [0.5, 0.6) is 0 Å². The van der Waals surface area contributed by atoms with Gasteiger partial charge in [0.1, 0.15) is 11.1 Å². The normalized spacial score (nSPS) is 13.0. The van der Waals surface area contributed by atoms with Gasteiger partial charge in [-0.15, -0.1) is 22.7 Å². The van der Waals surface area contributed by atoms with Crippen molar-refractivity contribution < 1.29 is 4.79 Å². The summed E-state index contributed by atoms with van der Waals surface area (Å²) in [4.78, 5) is 17.0. The Morgan fingerprint density at radius 2 is 2.24 bits per heavy atom. The molecular weight excluding hydrogens is 374 g/mol. The summed E-state index contributed by atoms with van der Waals surface area (Å²) >= 11 is 9.12. The van der Waals surface area contributed by atoms with E-state index in [0.29, 0.717) is 18.5 Å². The summed E-state index contributed by atoms with van der Waals surface area (Å²) in [7, 11) is 0. The van der Waals surface area contributed by atoms with Crippen LogP contribution >= 0.6 is 34.3 Å². The van der Waals surface area contributed by atoms with E-state index in [1.54, 1.807) is 22.7 Å². The first-order valence-electron chi connectivity index (χ1n) is 8.41. The molecule has 0 bridgehead atoms. The molecule has 1 aliphatic carbocycles. The van der Waals surface area contributed by atoms with Gasteiger partial charge in [0.05, 0.1) is 9.90 Å². The van der Waals surface area contributed by atoms with Gasteiger partial charge in [0.2, 0.25) is 5.91 Å². The number of aryl methyl sites for hydroxylation is 1. The Bertz CT molecular complexity index is 806. The molecule has 25 heavy (non-hydrogen) atoms. The average molecular weight is 394 g/mol. The third-order valence-corrected chi connectivity index (χ3v) is 6.82. The predicted molar refractivity (Wildman–Crippen MR) is 105 cm³/mol. The molecule has 1 N–H and O–H groups in total. The van der Waals surface area contributed by atoms with Crippen LogP contribution in [0.4, 0.5) is 5.00 Å². The number of nitriles is 1. The molecule has 0 radical (unpaired) electrons. The molecule has 2 heterocycles. The Hall–Kier alpha value is -1.39. The summed E-state index contributed by atoms with van der Waals surface area (Å²) < 4.78 is 0.790. The third-order valence-electron chi connectivity index (χ3n) is 4.40. The molecule has 7 heteroatoms. The second-order valence-electron chi connectivity index (χ2n) is 6.05. The molecule has 0 unspecified atom stereocenters. The molecule has 2 aromatic rings. The van der Waals surface area contributed by atoms with Crippen molar-refractivity contribution >= 4 is 45.2 Å². The highest BCUT2D eigenvalue weighted by molar-refractivity contribution is 7.17. The van der Waals surface area contributed by atoms with Crippen molar-refractivity contribution in [1.29, 1.82) is 5.26 Å². The smallest absolute Gasteiger partial charge is 0.226 e. The average Bonchev–Trinajstić information content (AvgIpc) is 3.27. The molecule has 1 amide bonds. The van der Waals surface area contributed by atoms with Crippen LogP contribution in [0.3, 0.4) is 0 Å². The number of hydrogen-bond acceptors (Lipinski definition) is 5. The van der Waals surface area contributed by atoms with Gasteiger partial charge in [0, 0.05) is 29.3 Å². The third kappa shape index (κ3) is 4.42. The molecular formula is C18H20ClN3OS2. The molecule has 4 nitrogen and oxygen atoms in total. The SMILES string of the molecule is CCN(CCC(=O)Nc1sc2c(c1C#N)CCC2)Cc1ccc(Cl)s1. The van der Waals surface area contributed by atoms with Crippen LogP contribution < -0.4 is 5.32 Å². The summed E-state index contributed by atoms with van der Waals surface area (Å²) in [6.07, 6.45) is 3.51. The highest BCUT2D eigenvalue weighted by atomic mass is 35.5. The van der Waals surface area contributed by atoms with Crippen molar-refractivity contribution in [3.05, 3.63) is 37.4 Å². The molecule has 3 rings (SSSR count). The Labute approximate surface area is 161 Å². The minimum atomic E-state index is -0.0286. The van der Waals surface area contributed by atoms with Crippen molar-refractivity contribution in [3.63, 3.8) is 0 Å². The maximum absolute atomic E-state index is 12.3. The zero-order valence-corrected chi connectivity index (χ0v) is 16.5. The molecule has 2 aromatic heterocycles. The number of anilines is 1. The summed E-state index contributed by atoms with van der Waals surface area (Å²) in [6.45, 7) is 4.45. The number of amides is 1. The maximum atomic E-state index is 12.3. The largest absolute Gasteiger partial charge is 0.317 e. The molecule has 0 aromatic carbocycles. The Morgan fingerprint density at radius 1 is 1.40 bits per heavy atom. The number of rotatable bonds is 7. The van der Waals surface area contributed by atoms with Crippen molar-refractivity contribution in [2.75, 3.05) is 18.4 Å². The van der Waals surface area contributed by atoms with Gasteiger partial charge in [-0.1, -0.05) is 18.5 Å². The Balaban J connectivity index is 1.55. The molecule has 0 spiro atoms. The molecule has 0 saturated heterocycles. The first-order chi connectivity index (χ1) is 12.1. The lowest BCUT2D eigenvalue weighted by Gasteiger charge is -2.19. The number of carbonyl (C=O) groups is 1. The van der Waals surface area contributed by atoms with Crippen molar-refractivity contribution in [1.82, 2.24) is 4.90 Å². The minimum Gasteiger partial charge on any atom is -0.317 e. The van der Waals surface area contributed by atoms with E-state index in [4.69, 9.17) is 11.6 Å². The van der Waals surface area contributed by atoms with Gasteiger partial charge in [0.25, 0.3) is 0 Å². The lowest BCUT2D eigenvalue weighted by Crippen LogP contribution is -2.27. The first-order valence-corrected chi connectivity index (χ1v) is 10.4. The molecule has 0 atom stereocenters. The van der Waals surface area contributed by atoms with E-state index in [0.717, 1.165) is 47.3 Å².